The first-order valence-corrected chi connectivity index (χ1v) is 11.1. The number of anilines is 1. The van der Waals surface area contributed by atoms with Crippen molar-refractivity contribution in [3.63, 3.8) is 0 Å². The zero-order valence-corrected chi connectivity index (χ0v) is 17.8. The van der Waals surface area contributed by atoms with Crippen molar-refractivity contribution in [1.82, 2.24) is 0 Å². The Bertz CT molecular complexity index is 928. The molecule has 146 valence electrons. The lowest BCUT2D eigenvalue weighted by atomic mass is 10.1. The van der Waals surface area contributed by atoms with E-state index in [1.807, 2.05) is 13.8 Å². The average Bonchev–Trinajstić information content (AvgIpc) is 2.58. The molecule has 0 saturated heterocycles. The molecule has 27 heavy (non-hydrogen) atoms. The highest BCUT2D eigenvalue weighted by Crippen LogP contribution is 2.34. The molecule has 0 aromatic heterocycles. The first-order chi connectivity index (χ1) is 12.7. The van der Waals surface area contributed by atoms with Crippen LogP contribution in [0.4, 0.5) is 5.69 Å². The molecule has 8 heteroatoms. The first kappa shape index (κ1) is 21.2. The van der Waals surface area contributed by atoms with Gasteiger partial charge >= 0.3 is 0 Å². The quantitative estimate of drug-likeness (QED) is 0.653. The van der Waals surface area contributed by atoms with Crippen molar-refractivity contribution in [2.75, 3.05) is 24.8 Å². The molecule has 0 bridgehead atoms. The molecular formula is C19H22BrNO5S. The fraction of sp³-hybridized carbons (Fsp3) is 0.316. The Kier molecular flexibility index (Phi) is 7.26. The van der Waals surface area contributed by atoms with Gasteiger partial charge in [-0.1, -0.05) is 22.0 Å². The number of hydrogen-bond acceptors (Lipinski definition) is 5. The van der Waals surface area contributed by atoms with E-state index in [4.69, 9.17) is 9.47 Å². The van der Waals surface area contributed by atoms with Crippen LogP contribution >= 0.6 is 15.9 Å². The average molecular weight is 456 g/mol. The number of halogens is 1. The van der Waals surface area contributed by atoms with Crippen LogP contribution in [0.1, 0.15) is 19.4 Å². The van der Waals surface area contributed by atoms with Gasteiger partial charge in [-0.25, -0.2) is 8.42 Å². The van der Waals surface area contributed by atoms with Gasteiger partial charge in [0, 0.05) is 16.4 Å². The van der Waals surface area contributed by atoms with Crippen LogP contribution in [0.25, 0.3) is 0 Å². The maximum atomic E-state index is 12.4. The zero-order valence-electron chi connectivity index (χ0n) is 15.4. The monoisotopic (exact) mass is 455 g/mol. The molecule has 0 unspecified atom stereocenters. The van der Waals surface area contributed by atoms with Crippen LogP contribution in [0.5, 0.6) is 11.5 Å². The predicted molar refractivity (Wildman–Crippen MR) is 108 cm³/mol. The molecule has 1 N–H and O–H groups in total. The van der Waals surface area contributed by atoms with Gasteiger partial charge in [-0.3, -0.25) is 4.79 Å². The number of carbonyl (C=O) groups excluding carboxylic acids is 1. The molecule has 1 amide bonds. The van der Waals surface area contributed by atoms with Gasteiger partial charge in [0.25, 0.3) is 0 Å². The van der Waals surface area contributed by atoms with Crippen LogP contribution in [0.2, 0.25) is 0 Å². The minimum absolute atomic E-state index is 0.0934. The van der Waals surface area contributed by atoms with E-state index in [-0.39, 0.29) is 17.2 Å². The summed E-state index contributed by atoms with van der Waals surface area (Å²) in [6, 6.07) is 9.71. The largest absolute Gasteiger partial charge is 0.490 e. The number of amides is 1. The van der Waals surface area contributed by atoms with Crippen molar-refractivity contribution >= 4 is 37.4 Å². The SMILES string of the molecule is CCOc1cc(Br)c(CC(=O)Nc2cccc(S(C)(=O)=O)c2)cc1OCC. The summed E-state index contributed by atoms with van der Waals surface area (Å²) < 4.78 is 35.2. The number of benzene rings is 2. The van der Waals surface area contributed by atoms with Gasteiger partial charge in [0.05, 0.1) is 24.5 Å². The lowest BCUT2D eigenvalue weighted by Crippen LogP contribution is -2.15. The molecule has 0 atom stereocenters. The molecule has 2 aromatic rings. The number of carbonyl (C=O) groups is 1. The van der Waals surface area contributed by atoms with Crippen LogP contribution in [0.15, 0.2) is 45.8 Å². The summed E-state index contributed by atoms with van der Waals surface area (Å²) in [6.07, 6.45) is 1.22. The highest BCUT2D eigenvalue weighted by molar-refractivity contribution is 9.10. The molecule has 0 fully saturated rings. The summed E-state index contributed by atoms with van der Waals surface area (Å²) in [5.74, 6) is 0.911. The van der Waals surface area contributed by atoms with Crippen LogP contribution in [-0.2, 0) is 21.1 Å². The Morgan fingerprint density at radius 3 is 2.30 bits per heavy atom. The van der Waals surface area contributed by atoms with E-state index in [2.05, 4.69) is 21.2 Å². The topological polar surface area (TPSA) is 81.7 Å². The second-order valence-electron chi connectivity index (χ2n) is 5.78. The van der Waals surface area contributed by atoms with Crippen molar-refractivity contribution in [3.05, 3.63) is 46.4 Å². The molecule has 0 saturated carbocycles. The van der Waals surface area contributed by atoms with Gasteiger partial charge in [0.15, 0.2) is 21.3 Å². The predicted octanol–water partition coefficient (Wildman–Crippen LogP) is 3.83. The van der Waals surface area contributed by atoms with E-state index in [9.17, 15) is 13.2 Å². The van der Waals surface area contributed by atoms with Crippen LogP contribution in [0.3, 0.4) is 0 Å². The Balaban J connectivity index is 2.19. The number of nitrogens with one attached hydrogen (secondary N) is 1. The molecule has 2 rings (SSSR count). The lowest BCUT2D eigenvalue weighted by Gasteiger charge is -2.14. The highest BCUT2D eigenvalue weighted by atomic mass is 79.9. The van der Waals surface area contributed by atoms with Gasteiger partial charge in [0.2, 0.25) is 5.91 Å². The van der Waals surface area contributed by atoms with Crippen LogP contribution < -0.4 is 14.8 Å². The molecule has 0 aliphatic heterocycles. The van der Waals surface area contributed by atoms with Crippen molar-refractivity contribution in [2.24, 2.45) is 0 Å². The minimum atomic E-state index is -3.34. The van der Waals surface area contributed by atoms with Crippen LogP contribution in [-0.4, -0.2) is 33.8 Å². The van der Waals surface area contributed by atoms with Gasteiger partial charge in [-0.15, -0.1) is 0 Å². The summed E-state index contributed by atoms with van der Waals surface area (Å²) in [6.45, 7) is 4.74. The number of rotatable bonds is 8. The molecule has 0 radical (unpaired) electrons. The fourth-order valence-electron chi connectivity index (χ4n) is 2.43. The Morgan fingerprint density at radius 2 is 1.70 bits per heavy atom. The Morgan fingerprint density at radius 1 is 1.07 bits per heavy atom. The Hall–Kier alpha value is -2.06. The fourth-order valence-corrected chi connectivity index (χ4v) is 3.56. The van der Waals surface area contributed by atoms with E-state index in [0.717, 1.165) is 16.3 Å². The second kappa shape index (κ2) is 9.23. The number of ether oxygens (including phenoxy) is 2. The van der Waals surface area contributed by atoms with E-state index in [1.165, 1.54) is 12.1 Å². The summed E-state index contributed by atoms with van der Waals surface area (Å²) in [5, 5.41) is 2.73. The van der Waals surface area contributed by atoms with Gasteiger partial charge < -0.3 is 14.8 Å². The first-order valence-electron chi connectivity index (χ1n) is 8.42. The number of hydrogen-bond donors (Lipinski definition) is 1. The van der Waals surface area contributed by atoms with Crippen molar-refractivity contribution < 1.29 is 22.7 Å². The van der Waals surface area contributed by atoms with Gasteiger partial charge in [-0.2, -0.15) is 0 Å². The van der Waals surface area contributed by atoms with Crippen LogP contribution in [0, 0.1) is 0 Å². The van der Waals surface area contributed by atoms with E-state index in [0.29, 0.717) is 30.4 Å². The highest BCUT2D eigenvalue weighted by Gasteiger charge is 2.14. The van der Waals surface area contributed by atoms with Gasteiger partial charge in [-0.05, 0) is 49.7 Å². The summed E-state index contributed by atoms with van der Waals surface area (Å²) in [7, 11) is -3.34. The number of sulfone groups is 1. The molecule has 2 aromatic carbocycles. The third-order valence-corrected chi connectivity index (χ3v) is 5.46. The summed E-state index contributed by atoms with van der Waals surface area (Å²) in [5.41, 5.74) is 1.16. The minimum Gasteiger partial charge on any atom is -0.490 e. The van der Waals surface area contributed by atoms with Gasteiger partial charge in [0.1, 0.15) is 0 Å². The smallest absolute Gasteiger partial charge is 0.228 e. The second-order valence-corrected chi connectivity index (χ2v) is 8.65. The van der Waals surface area contributed by atoms with Crippen molar-refractivity contribution in [1.29, 1.82) is 0 Å². The maximum Gasteiger partial charge on any atom is 0.228 e. The molecule has 0 spiro atoms. The third kappa shape index (κ3) is 5.97. The molecule has 6 nitrogen and oxygen atoms in total. The lowest BCUT2D eigenvalue weighted by molar-refractivity contribution is -0.115. The van der Waals surface area contributed by atoms with Crippen molar-refractivity contribution in [2.45, 2.75) is 25.2 Å². The summed E-state index contributed by atoms with van der Waals surface area (Å²) in [4.78, 5) is 12.6. The van der Waals surface area contributed by atoms with E-state index < -0.39 is 9.84 Å². The molecule has 0 heterocycles. The normalized spacial score (nSPS) is 11.1. The van der Waals surface area contributed by atoms with E-state index >= 15 is 0 Å². The molecule has 0 aliphatic rings. The maximum absolute atomic E-state index is 12.4. The standard InChI is InChI=1S/C19H22BrNO5S/c1-4-25-17-9-13(16(20)12-18(17)26-5-2)10-19(22)21-14-7-6-8-15(11-14)27(3,23)24/h6-9,11-12H,4-5,10H2,1-3H3,(H,21,22). The van der Waals surface area contributed by atoms with E-state index in [1.54, 1.807) is 24.3 Å². The third-order valence-electron chi connectivity index (χ3n) is 3.61. The molecular weight excluding hydrogens is 434 g/mol. The summed E-state index contributed by atoms with van der Waals surface area (Å²) >= 11 is 3.46. The Labute approximate surface area is 167 Å². The van der Waals surface area contributed by atoms with Crippen molar-refractivity contribution in [3.8, 4) is 11.5 Å². The molecule has 0 aliphatic carbocycles. The zero-order chi connectivity index (χ0) is 20.0.